The molecule has 1 saturated heterocycles. The Morgan fingerprint density at radius 1 is 1.28 bits per heavy atom. The van der Waals surface area contributed by atoms with Gasteiger partial charge in [-0.15, -0.1) is 0 Å². The van der Waals surface area contributed by atoms with E-state index in [1.165, 1.54) is 0 Å². The summed E-state index contributed by atoms with van der Waals surface area (Å²) in [4.78, 5) is 26.3. The lowest BCUT2D eigenvalue weighted by atomic mass is 10.1. The average molecular weight is 346 g/mol. The first-order chi connectivity index (χ1) is 12.2. The van der Waals surface area contributed by atoms with Crippen LogP contribution in [0.5, 0.6) is 5.75 Å². The smallest absolute Gasteiger partial charge is 0.242 e. The molecule has 1 N–H and O–H groups in total. The second-order valence-corrected chi connectivity index (χ2v) is 6.71. The average Bonchev–Trinajstić information content (AvgIpc) is 3.36. The first-order valence-corrected chi connectivity index (χ1v) is 8.96. The van der Waals surface area contributed by atoms with Crippen molar-refractivity contribution < 1.29 is 19.1 Å². The quantitative estimate of drug-likeness (QED) is 0.778. The van der Waals surface area contributed by atoms with E-state index in [4.69, 9.17) is 9.47 Å². The Labute approximate surface area is 148 Å². The molecule has 1 aliphatic heterocycles. The second kappa shape index (κ2) is 8.34. The third-order valence-electron chi connectivity index (χ3n) is 4.72. The Morgan fingerprint density at radius 2 is 2.08 bits per heavy atom. The van der Waals surface area contributed by atoms with Gasteiger partial charge in [-0.2, -0.15) is 0 Å². The number of hydrogen-bond donors (Lipinski definition) is 1. The number of benzene rings is 1. The monoisotopic (exact) mass is 346 g/mol. The first kappa shape index (κ1) is 17.7. The van der Waals surface area contributed by atoms with Crippen molar-refractivity contribution in [1.82, 2.24) is 10.2 Å². The lowest BCUT2D eigenvalue weighted by Gasteiger charge is -2.26. The highest BCUT2D eigenvalue weighted by atomic mass is 16.5. The summed E-state index contributed by atoms with van der Waals surface area (Å²) in [5.41, 5.74) is 0.949. The van der Waals surface area contributed by atoms with Crippen LogP contribution in [0.3, 0.4) is 0 Å². The van der Waals surface area contributed by atoms with Gasteiger partial charge < -0.3 is 19.7 Å². The molecule has 0 bridgehead atoms. The van der Waals surface area contributed by atoms with Gasteiger partial charge in [-0.3, -0.25) is 9.59 Å². The van der Waals surface area contributed by atoms with Gasteiger partial charge in [0, 0.05) is 31.2 Å². The Kier molecular flexibility index (Phi) is 5.91. The fourth-order valence-corrected chi connectivity index (χ4v) is 3.09. The normalized spacial score (nSPS) is 19.5. The zero-order valence-corrected chi connectivity index (χ0v) is 14.7. The predicted molar refractivity (Wildman–Crippen MR) is 93.1 cm³/mol. The molecule has 3 rings (SSSR count). The maximum absolute atomic E-state index is 12.7. The van der Waals surface area contributed by atoms with Crippen LogP contribution < -0.4 is 10.1 Å². The molecule has 136 valence electrons. The van der Waals surface area contributed by atoms with Crippen LogP contribution in [0.2, 0.25) is 0 Å². The van der Waals surface area contributed by atoms with Gasteiger partial charge in [-0.05, 0) is 31.7 Å². The lowest BCUT2D eigenvalue weighted by Crippen LogP contribution is -2.43. The topological polar surface area (TPSA) is 67.9 Å². The second-order valence-electron chi connectivity index (χ2n) is 6.71. The molecule has 1 aromatic carbocycles. The van der Waals surface area contributed by atoms with Gasteiger partial charge in [0.15, 0.2) is 0 Å². The summed E-state index contributed by atoms with van der Waals surface area (Å²) in [5, 5.41) is 2.76. The number of nitrogens with one attached hydrogen (secondary N) is 1. The van der Waals surface area contributed by atoms with Gasteiger partial charge in [0.2, 0.25) is 11.8 Å². The largest absolute Gasteiger partial charge is 0.496 e. The fourth-order valence-electron chi connectivity index (χ4n) is 3.09. The molecule has 0 radical (unpaired) electrons. The first-order valence-electron chi connectivity index (χ1n) is 8.96. The Hall–Kier alpha value is -2.08. The number of hydrogen-bond acceptors (Lipinski definition) is 4. The zero-order valence-electron chi connectivity index (χ0n) is 14.7. The minimum atomic E-state index is -0.0876. The van der Waals surface area contributed by atoms with E-state index in [2.05, 4.69) is 5.32 Å². The van der Waals surface area contributed by atoms with E-state index in [1.54, 1.807) is 12.0 Å². The Balaban J connectivity index is 1.64. The lowest BCUT2D eigenvalue weighted by molar-refractivity contribution is -0.135. The molecule has 6 nitrogen and oxygen atoms in total. The maximum atomic E-state index is 12.7. The van der Waals surface area contributed by atoms with Crippen molar-refractivity contribution in [2.24, 2.45) is 5.92 Å². The van der Waals surface area contributed by atoms with Crippen molar-refractivity contribution in [2.45, 2.75) is 38.3 Å². The van der Waals surface area contributed by atoms with Crippen LogP contribution in [0.15, 0.2) is 24.3 Å². The summed E-state index contributed by atoms with van der Waals surface area (Å²) in [6.45, 7) is 1.77. The highest BCUT2D eigenvalue weighted by Crippen LogP contribution is 2.28. The fraction of sp³-hybridized carbons (Fsp3) is 0.579. The van der Waals surface area contributed by atoms with Crippen molar-refractivity contribution in [1.29, 1.82) is 0 Å². The number of carbonyl (C=O) groups excluding carboxylic acids is 2. The number of nitrogens with zero attached hydrogens (tertiary/aromatic N) is 1. The molecule has 2 amide bonds. The molecule has 1 heterocycles. The molecule has 1 atom stereocenters. The number of ether oxygens (including phenoxy) is 2. The van der Waals surface area contributed by atoms with Gasteiger partial charge in [0.25, 0.3) is 0 Å². The molecular formula is C19H26N2O4. The van der Waals surface area contributed by atoms with E-state index >= 15 is 0 Å². The standard InChI is InChI=1S/C19H26N2O4/c1-24-17-7-3-2-5-15(17)12-21(13-16-6-4-10-25-16)18(22)11-20-19(23)14-8-9-14/h2-3,5,7,14,16H,4,6,8-13H2,1H3,(H,20,23). The van der Waals surface area contributed by atoms with E-state index in [1.807, 2.05) is 24.3 Å². The van der Waals surface area contributed by atoms with E-state index in [0.717, 1.165) is 43.6 Å². The number of methoxy groups -OCH3 is 1. The predicted octanol–water partition coefficient (Wildman–Crippen LogP) is 1.73. The molecule has 6 heteroatoms. The van der Waals surface area contributed by atoms with Crippen LogP contribution in [0.1, 0.15) is 31.2 Å². The molecule has 25 heavy (non-hydrogen) atoms. The van der Waals surface area contributed by atoms with Gasteiger partial charge >= 0.3 is 0 Å². The Morgan fingerprint density at radius 3 is 2.76 bits per heavy atom. The van der Waals surface area contributed by atoms with Crippen molar-refractivity contribution in [3.05, 3.63) is 29.8 Å². The van der Waals surface area contributed by atoms with Crippen molar-refractivity contribution in [3.8, 4) is 5.75 Å². The van der Waals surface area contributed by atoms with E-state index < -0.39 is 0 Å². The zero-order chi connectivity index (χ0) is 17.6. The van der Waals surface area contributed by atoms with Crippen LogP contribution in [-0.2, 0) is 20.9 Å². The summed E-state index contributed by atoms with van der Waals surface area (Å²) in [6.07, 6.45) is 3.92. The van der Waals surface area contributed by atoms with Gasteiger partial charge in [0.05, 0.1) is 19.8 Å². The third kappa shape index (κ3) is 4.95. The highest BCUT2D eigenvalue weighted by Gasteiger charge is 2.30. The van der Waals surface area contributed by atoms with E-state index in [0.29, 0.717) is 13.1 Å². The number of amides is 2. The van der Waals surface area contributed by atoms with Gasteiger partial charge in [-0.1, -0.05) is 18.2 Å². The summed E-state index contributed by atoms with van der Waals surface area (Å²) >= 11 is 0. The molecule has 1 unspecified atom stereocenters. The van der Waals surface area contributed by atoms with Crippen LogP contribution in [0, 0.1) is 5.92 Å². The molecule has 0 spiro atoms. The molecule has 0 aromatic heterocycles. The SMILES string of the molecule is COc1ccccc1CN(CC1CCCO1)C(=O)CNC(=O)C1CC1. The van der Waals surface area contributed by atoms with Gasteiger partial charge in [-0.25, -0.2) is 0 Å². The minimum absolute atomic E-state index is 0.0114. The van der Waals surface area contributed by atoms with E-state index in [-0.39, 0.29) is 30.4 Å². The molecule has 1 aromatic rings. The maximum Gasteiger partial charge on any atom is 0.242 e. The summed E-state index contributed by atoms with van der Waals surface area (Å²) in [5.74, 6) is 0.765. The summed E-state index contributed by atoms with van der Waals surface area (Å²) in [6, 6.07) is 7.68. The van der Waals surface area contributed by atoms with Crippen molar-refractivity contribution >= 4 is 11.8 Å². The molecular weight excluding hydrogens is 320 g/mol. The van der Waals surface area contributed by atoms with Crippen molar-refractivity contribution in [3.63, 3.8) is 0 Å². The van der Waals surface area contributed by atoms with Crippen LogP contribution in [-0.4, -0.2) is 49.6 Å². The molecule has 2 aliphatic rings. The highest BCUT2D eigenvalue weighted by molar-refractivity contribution is 5.87. The van der Waals surface area contributed by atoms with Crippen molar-refractivity contribution in [2.75, 3.05) is 26.8 Å². The number of para-hydroxylation sites is 1. The minimum Gasteiger partial charge on any atom is -0.496 e. The van der Waals surface area contributed by atoms with Gasteiger partial charge in [0.1, 0.15) is 5.75 Å². The summed E-state index contributed by atoms with van der Waals surface area (Å²) in [7, 11) is 1.63. The number of rotatable bonds is 8. The van der Waals surface area contributed by atoms with Crippen LogP contribution >= 0.6 is 0 Å². The number of carbonyl (C=O) groups is 2. The van der Waals surface area contributed by atoms with E-state index in [9.17, 15) is 9.59 Å². The molecule has 2 fully saturated rings. The van der Waals surface area contributed by atoms with Crippen LogP contribution in [0.25, 0.3) is 0 Å². The molecule has 1 aliphatic carbocycles. The van der Waals surface area contributed by atoms with Crippen LogP contribution in [0.4, 0.5) is 0 Å². The third-order valence-corrected chi connectivity index (χ3v) is 4.72. The Bertz CT molecular complexity index is 609. The molecule has 1 saturated carbocycles. The summed E-state index contributed by atoms with van der Waals surface area (Å²) < 4.78 is 11.1.